The second kappa shape index (κ2) is 8.37. The number of fused-ring (bicyclic) bond motifs is 1. The van der Waals surface area contributed by atoms with Gasteiger partial charge in [-0.3, -0.25) is 10.3 Å². The van der Waals surface area contributed by atoms with E-state index in [2.05, 4.69) is 15.5 Å². The number of piperidine rings is 1. The molecule has 1 aliphatic rings. The van der Waals surface area contributed by atoms with Crippen LogP contribution in [0.3, 0.4) is 0 Å². The molecular formula is C24H20F2N4O2. The SMILES string of the molecule is O=C(Nc1noc2ccccc12)N1CCC(c2cc(-c3ccc(F)cc3F)ccn2)CC1. The second-order valence-corrected chi connectivity index (χ2v) is 7.81. The van der Waals surface area contributed by atoms with Gasteiger partial charge in [0.2, 0.25) is 0 Å². The van der Waals surface area contributed by atoms with Crippen molar-refractivity contribution in [2.45, 2.75) is 18.8 Å². The van der Waals surface area contributed by atoms with Gasteiger partial charge < -0.3 is 9.42 Å². The third kappa shape index (κ3) is 3.91. The van der Waals surface area contributed by atoms with Crippen LogP contribution >= 0.6 is 0 Å². The lowest BCUT2D eigenvalue weighted by atomic mass is 9.91. The molecule has 0 saturated carbocycles. The van der Waals surface area contributed by atoms with E-state index in [1.807, 2.05) is 24.3 Å². The zero-order chi connectivity index (χ0) is 22.1. The van der Waals surface area contributed by atoms with Crippen molar-refractivity contribution in [2.24, 2.45) is 0 Å². The van der Waals surface area contributed by atoms with Crippen LogP contribution in [0, 0.1) is 11.6 Å². The first kappa shape index (κ1) is 20.1. The molecule has 1 saturated heterocycles. The molecule has 4 aromatic rings. The smallest absolute Gasteiger partial charge is 0.323 e. The van der Waals surface area contributed by atoms with Gasteiger partial charge in [-0.1, -0.05) is 17.3 Å². The molecule has 0 spiro atoms. The van der Waals surface area contributed by atoms with Crippen LogP contribution in [-0.2, 0) is 0 Å². The number of anilines is 1. The summed E-state index contributed by atoms with van der Waals surface area (Å²) in [4.78, 5) is 18.9. The molecule has 3 heterocycles. The summed E-state index contributed by atoms with van der Waals surface area (Å²) in [6.07, 6.45) is 3.10. The fourth-order valence-electron chi connectivity index (χ4n) is 4.10. The molecular weight excluding hydrogens is 414 g/mol. The minimum Gasteiger partial charge on any atom is -0.354 e. The first-order valence-electron chi connectivity index (χ1n) is 10.4. The summed E-state index contributed by atoms with van der Waals surface area (Å²) < 4.78 is 32.6. The Balaban J connectivity index is 1.25. The predicted octanol–water partition coefficient (Wildman–Crippen LogP) is 5.58. The van der Waals surface area contributed by atoms with E-state index in [-0.39, 0.29) is 11.9 Å². The Morgan fingerprint density at radius 2 is 1.88 bits per heavy atom. The Morgan fingerprint density at radius 3 is 2.69 bits per heavy atom. The van der Waals surface area contributed by atoms with Gasteiger partial charge in [-0.25, -0.2) is 13.6 Å². The Morgan fingerprint density at radius 1 is 1.06 bits per heavy atom. The molecule has 5 rings (SSSR count). The number of hydrogen-bond donors (Lipinski definition) is 1. The number of benzene rings is 2. The fourth-order valence-corrected chi connectivity index (χ4v) is 4.10. The summed E-state index contributed by atoms with van der Waals surface area (Å²) in [6, 6.07) is 14.2. The first-order chi connectivity index (χ1) is 15.6. The largest absolute Gasteiger partial charge is 0.354 e. The zero-order valence-corrected chi connectivity index (χ0v) is 17.1. The molecule has 1 N–H and O–H groups in total. The molecule has 0 radical (unpaired) electrons. The zero-order valence-electron chi connectivity index (χ0n) is 17.1. The second-order valence-electron chi connectivity index (χ2n) is 7.81. The summed E-state index contributed by atoms with van der Waals surface area (Å²) in [7, 11) is 0. The van der Waals surface area contributed by atoms with Gasteiger partial charge in [0.25, 0.3) is 0 Å². The topological polar surface area (TPSA) is 71.3 Å². The quantitative estimate of drug-likeness (QED) is 0.457. The minimum absolute atomic E-state index is 0.149. The fraction of sp³-hybridized carbons (Fsp3) is 0.208. The van der Waals surface area contributed by atoms with Crippen LogP contribution in [0.25, 0.3) is 22.1 Å². The van der Waals surface area contributed by atoms with E-state index < -0.39 is 11.6 Å². The summed E-state index contributed by atoms with van der Waals surface area (Å²) in [6.45, 7) is 1.12. The Bertz CT molecular complexity index is 1280. The number of carbonyl (C=O) groups is 1. The van der Waals surface area contributed by atoms with E-state index in [1.165, 1.54) is 12.1 Å². The standard InChI is InChI=1S/C24H20F2N4O2/c25-17-5-6-18(20(26)14-17)16-7-10-27-21(13-16)15-8-11-30(12-9-15)24(31)28-23-19-3-1-2-4-22(19)32-29-23/h1-7,10,13-15H,8-9,11-12H2,(H,28,29,31). The highest BCUT2D eigenvalue weighted by Crippen LogP contribution is 2.31. The molecule has 6 nitrogen and oxygen atoms in total. The van der Waals surface area contributed by atoms with E-state index >= 15 is 0 Å². The Kier molecular flexibility index (Phi) is 5.26. The van der Waals surface area contributed by atoms with E-state index in [0.717, 1.165) is 30.0 Å². The van der Waals surface area contributed by atoms with Crippen molar-refractivity contribution >= 4 is 22.8 Å². The average Bonchev–Trinajstić information content (AvgIpc) is 3.22. The van der Waals surface area contributed by atoms with Crippen LogP contribution in [0.4, 0.5) is 19.4 Å². The molecule has 2 amide bonds. The normalized spacial score (nSPS) is 14.6. The van der Waals surface area contributed by atoms with Gasteiger partial charge in [0.1, 0.15) is 11.6 Å². The van der Waals surface area contributed by atoms with Gasteiger partial charge in [0.05, 0.1) is 5.39 Å². The monoisotopic (exact) mass is 434 g/mol. The van der Waals surface area contributed by atoms with Crippen molar-refractivity contribution < 1.29 is 18.1 Å². The molecule has 0 bridgehead atoms. The summed E-state index contributed by atoms with van der Waals surface area (Å²) in [5.41, 5.74) is 2.45. The number of urea groups is 1. The Hall–Kier alpha value is -3.81. The van der Waals surface area contributed by atoms with Gasteiger partial charge in [-0.2, -0.15) is 0 Å². The number of nitrogens with one attached hydrogen (secondary N) is 1. The number of carbonyl (C=O) groups excluding carboxylic acids is 1. The van der Waals surface area contributed by atoms with Gasteiger partial charge in [-0.15, -0.1) is 0 Å². The molecule has 0 atom stereocenters. The molecule has 8 heteroatoms. The minimum atomic E-state index is -0.607. The number of nitrogens with zero attached hydrogens (tertiary/aromatic N) is 3. The lowest BCUT2D eigenvalue weighted by molar-refractivity contribution is 0.194. The molecule has 0 unspecified atom stereocenters. The highest BCUT2D eigenvalue weighted by Gasteiger charge is 2.26. The van der Waals surface area contributed by atoms with Crippen molar-refractivity contribution in [2.75, 3.05) is 18.4 Å². The van der Waals surface area contributed by atoms with Crippen LogP contribution in [0.1, 0.15) is 24.5 Å². The van der Waals surface area contributed by atoms with Crippen molar-refractivity contribution in [3.05, 3.63) is 78.1 Å². The highest BCUT2D eigenvalue weighted by molar-refractivity contribution is 5.98. The summed E-state index contributed by atoms with van der Waals surface area (Å²) in [5.74, 6) is -0.655. The Labute approximate surface area is 182 Å². The number of likely N-dealkylation sites (tertiary alicyclic amines) is 1. The molecule has 32 heavy (non-hydrogen) atoms. The molecule has 2 aromatic heterocycles. The van der Waals surface area contributed by atoms with E-state index in [9.17, 15) is 13.6 Å². The van der Waals surface area contributed by atoms with E-state index in [4.69, 9.17) is 4.52 Å². The molecule has 1 aliphatic heterocycles. The van der Waals surface area contributed by atoms with Gasteiger partial charge in [0.15, 0.2) is 11.4 Å². The average molecular weight is 434 g/mol. The number of para-hydroxylation sites is 1. The third-order valence-electron chi connectivity index (χ3n) is 5.83. The lowest BCUT2D eigenvalue weighted by Gasteiger charge is -2.31. The summed E-state index contributed by atoms with van der Waals surface area (Å²) in [5, 5.41) is 7.53. The van der Waals surface area contributed by atoms with E-state index in [1.54, 1.807) is 23.2 Å². The van der Waals surface area contributed by atoms with Gasteiger partial charge >= 0.3 is 6.03 Å². The maximum Gasteiger partial charge on any atom is 0.323 e. The molecule has 1 fully saturated rings. The number of halogens is 2. The van der Waals surface area contributed by atoms with Gasteiger partial charge in [-0.05, 0) is 54.8 Å². The van der Waals surface area contributed by atoms with Crippen LogP contribution in [0.2, 0.25) is 0 Å². The number of rotatable bonds is 3. The van der Waals surface area contributed by atoms with E-state index in [0.29, 0.717) is 35.6 Å². The maximum absolute atomic E-state index is 14.2. The highest BCUT2D eigenvalue weighted by atomic mass is 19.1. The number of pyridine rings is 1. The third-order valence-corrected chi connectivity index (χ3v) is 5.83. The molecule has 0 aliphatic carbocycles. The van der Waals surface area contributed by atoms with Crippen molar-refractivity contribution in [1.82, 2.24) is 15.0 Å². The predicted molar refractivity (Wildman–Crippen MR) is 116 cm³/mol. The van der Waals surface area contributed by atoms with Crippen molar-refractivity contribution in [3.63, 3.8) is 0 Å². The lowest BCUT2D eigenvalue weighted by Crippen LogP contribution is -2.40. The number of hydrogen-bond acceptors (Lipinski definition) is 4. The van der Waals surface area contributed by atoms with Crippen LogP contribution < -0.4 is 5.32 Å². The maximum atomic E-state index is 14.2. The van der Waals surface area contributed by atoms with Crippen LogP contribution in [-0.4, -0.2) is 34.2 Å². The van der Waals surface area contributed by atoms with Crippen LogP contribution in [0.5, 0.6) is 0 Å². The number of amides is 2. The van der Waals surface area contributed by atoms with Crippen molar-refractivity contribution in [3.8, 4) is 11.1 Å². The molecule has 162 valence electrons. The van der Waals surface area contributed by atoms with Crippen molar-refractivity contribution in [1.29, 1.82) is 0 Å². The first-order valence-corrected chi connectivity index (χ1v) is 10.4. The van der Waals surface area contributed by atoms with Crippen LogP contribution in [0.15, 0.2) is 65.3 Å². The number of aromatic nitrogens is 2. The molecule has 2 aromatic carbocycles. The summed E-state index contributed by atoms with van der Waals surface area (Å²) >= 11 is 0. The van der Waals surface area contributed by atoms with Gasteiger partial charge in [0, 0.05) is 42.5 Å².